The summed E-state index contributed by atoms with van der Waals surface area (Å²) in [5.74, 6) is 1.00. The van der Waals surface area contributed by atoms with Crippen LogP contribution in [0.2, 0.25) is 0 Å². The molecule has 70 valence electrons. The lowest BCUT2D eigenvalue weighted by Crippen LogP contribution is -2.00. The molecule has 0 heterocycles. The molecule has 0 amide bonds. The molecule has 1 saturated carbocycles. The number of halogens is 1. The highest BCUT2D eigenvalue weighted by Gasteiger charge is 2.24. The van der Waals surface area contributed by atoms with Crippen molar-refractivity contribution in [2.24, 2.45) is 5.73 Å². The highest BCUT2D eigenvalue weighted by Crippen LogP contribution is 2.30. The summed E-state index contributed by atoms with van der Waals surface area (Å²) in [5, 5.41) is 0. The van der Waals surface area contributed by atoms with Crippen molar-refractivity contribution >= 4 is 22.6 Å². The minimum atomic E-state index is 0.470. The summed E-state index contributed by atoms with van der Waals surface area (Å²) in [6.45, 7) is 0.597. The van der Waals surface area contributed by atoms with Gasteiger partial charge in [-0.3, -0.25) is 0 Å². The van der Waals surface area contributed by atoms with E-state index in [0.29, 0.717) is 12.6 Å². The van der Waals surface area contributed by atoms with Crippen LogP contribution < -0.4 is 10.5 Å². The van der Waals surface area contributed by atoms with Crippen LogP contribution in [0.25, 0.3) is 0 Å². The van der Waals surface area contributed by atoms with Crippen molar-refractivity contribution < 1.29 is 4.74 Å². The molecule has 1 fully saturated rings. The van der Waals surface area contributed by atoms with Gasteiger partial charge < -0.3 is 10.5 Å². The number of ether oxygens (including phenoxy) is 1. The van der Waals surface area contributed by atoms with Crippen LogP contribution in [-0.4, -0.2) is 6.10 Å². The Morgan fingerprint density at radius 3 is 2.77 bits per heavy atom. The van der Waals surface area contributed by atoms with E-state index in [0.717, 1.165) is 14.9 Å². The molecule has 0 radical (unpaired) electrons. The zero-order valence-electron chi connectivity index (χ0n) is 7.29. The molecule has 2 rings (SSSR count). The highest BCUT2D eigenvalue weighted by atomic mass is 127. The normalized spacial score (nSPS) is 15.8. The van der Waals surface area contributed by atoms with Gasteiger partial charge in [-0.15, -0.1) is 0 Å². The number of hydrogen-bond donors (Lipinski definition) is 1. The lowest BCUT2D eigenvalue weighted by molar-refractivity contribution is 0.301. The maximum atomic E-state index is 5.71. The minimum Gasteiger partial charge on any atom is -0.489 e. The molecule has 0 bridgehead atoms. The summed E-state index contributed by atoms with van der Waals surface area (Å²) in [5.41, 5.74) is 6.70. The highest BCUT2D eigenvalue weighted by molar-refractivity contribution is 14.1. The predicted molar refractivity (Wildman–Crippen MR) is 60.7 cm³/mol. The van der Waals surface area contributed by atoms with E-state index < -0.39 is 0 Å². The second kappa shape index (κ2) is 3.84. The number of benzene rings is 1. The summed E-state index contributed by atoms with van der Waals surface area (Å²) in [4.78, 5) is 0. The van der Waals surface area contributed by atoms with Crippen LogP contribution in [0.1, 0.15) is 18.4 Å². The SMILES string of the molecule is NCc1ccc(OC2CC2)c(I)c1. The van der Waals surface area contributed by atoms with Crippen LogP contribution in [0, 0.1) is 3.57 Å². The fourth-order valence-electron chi connectivity index (χ4n) is 1.13. The molecule has 2 nitrogen and oxygen atoms in total. The average molecular weight is 289 g/mol. The van der Waals surface area contributed by atoms with Gasteiger partial charge in [0, 0.05) is 6.54 Å². The molecule has 1 aliphatic rings. The molecule has 0 saturated heterocycles. The van der Waals surface area contributed by atoms with Crippen molar-refractivity contribution in [3.8, 4) is 5.75 Å². The molecular weight excluding hydrogens is 277 g/mol. The van der Waals surface area contributed by atoms with Gasteiger partial charge in [0.25, 0.3) is 0 Å². The summed E-state index contributed by atoms with van der Waals surface area (Å²) in [6.07, 6.45) is 2.88. The van der Waals surface area contributed by atoms with E-state index in [2.05, 4.69) is 28.7 Å². The third-order valence-corrected chi connectivity index (χ3v) is 2.89. The van der Waals surface area contributed by atoms with Gasteiger partial charge in [-0.1, -0.05) is 6.07 Å². The summed E-state index contributed by atoms with van der Waals surface area (Å²) in [6, 6.07) is 6.13. The Hall–Kier alpha value is -0.290. The first kappa shape index (κ1) is 9.27. The van der Waals surface area contributed by atoms with Crippen LogP contribution in [-0.2, 0) is 6.54 Å². The lowest BCUT2D eigenvalue weighted by atomic mass is 10.2. The summed E-state index contributed by atoms with van der Waals surface area (Å²) in [7, 11) is 0. The van der Waals surface area contributed by atoms with Gasteiger partial charge in [-0.25, -0.2) is 0 Å². The first-order valence-electron chi connectivity index (χ1n) is 4.45. The number of hydrogen-bond acceptors (Lipinski definition) is 2. The molecule has 1 aliphatic carbocycles. The quantitative estimate of drug-likeness (QED) is 0.867. The van der Waals surface area contributed by atoms with Gasteiger partial charge >= 0.3 is 0 Å². The molecule has 0 aliphatic heterocycles. The fraction of sp³-hybridized carbons (Fsp3) is 0.400. The smallest absolute Gasteiger partial charge is 0.133 e. The molecule has 0 spiro atoms. The first-order chi connectivity index (χ1) is 6.29. The van der Waals surface area contributed by atoms with Gasteiger partial charge in [0.1, 0.15) is 5.75 Å². The Balaban J connectivity index is 2.15. The van der Waals surface area contributed by atoms with Crippen molar-refractivity contribution in [1.82, 2.24) is 0 Å². The van der Waals surface area contributed by atoms with Gasteiger partial charge in [-0.2, -0.15) is 0 Å². The van der Waals surface area contributed by atoms with E-state index in [1.807, 2.05) is 12.1 Å². The third-order valence-electron chi connectivity index (χ3n) is 2.05. The second-order valence-corrected chi connectivity index (χ2v) is 4.45. The van der Waals surface area contributed by atoms with E-state index in [-0.39, 0.29) is 0 Å². The second-order valence-electron chi connectivity index (χ2n) is 3.29. The zero-order valence-corrected chi connectivity index (χ0v) is 9.45. The molecule has 3 heteroatoms. The minimum absolute atomic E-state index is 0.470. The monoisotopic (exact) mass is 289 g/mol. The Morgan fingerprint density at radius 2 is 2.23 bits per heavy atom. The molecule has 0 aromatic heterocycles. The first-order valence-corrected chi connectivity index (χ1v) is 5.52. The molecule has 2 N–H and O–H groups in total. The third kappa shape index (κ3) is 2.34. The van der Waals surface area contributed by atoms with Gasteiger partial charge in [0.2, 0.25) is 0 Å². The number of rotatable bonds is 3. The van der Waals surface area contributed by atoms with Gasteiger partial charge in [-0.05, 0) is 53.1 Å². The Morgan fingerprint density at radius 1 is 1.46 bits per heavy atom. The average Bonchev–Trinajstić information content (AvgIpc) is 2.92. The maximum absolute atomic E-state index is 5.71. The summed E-state index contributed by atoms with van der Waals surface area (Å²) < 4.78 is 6.87. The molecule has 1 aromatic rings. The summed E-state index contributed by atoms with van der Waals surface area (Å²) >= 11 is 2.29. The standard InChI is InChI=1S/C10H12INO/c11-9-5-7(6-12)1-4-10(9)13-8-2-3-8/h1,4-5,8H,2-3,6,12H2. The van der Waals surface area contributed by atoms with Crippen molar-refractivity contribution in [3.05, 3.63) is 27.3 Å². The Labute approximate surface area is 91.6 Å². The van der Waals surface area contributed by atoms with Crippen molar-refractivity contribution in [2.45, 2.75) is 25.5 Å². The van der Waals surface area contributed by atoms with Crippen LogP contribution in [0.4, 0.5) is 0 Å². The number of nitrogens with two attached hydrogens (primary N) is 1. The van der Waals surface area contributed by atoms with E-state index in [1.165, 1.54) is 12.8 Å². The topological polar surface area (TPSA) is 35.2 Å². The van der Waals surface area contributed by atoms with Gasteiger partial charge in [0.05, 0.1) is 9.67 Å². The van der Waals surface area contributed by atoms with Crippen LogP contribution in [0.5, 0.6) is 5.75 Å². The van der Waals surface area contributed by atoms with E-state index in [1.54, 1.807) is 0 Å². The molecule has 0 atom stereocenters. The van der Waals surface area contributed by atoms with E-state index in [9.17, 15) is 0 Å². The van der Waals surface area contributed by atoms with Crippen molar-refractivity contribution in [3.63, 3.8) is 0 Å². The predicted octanol–water partition coefficient (Wildman–Crippen LogP) is 2.29. The molecule has 0 unspecified atom stereocenters. The Bertz CT molecular complexity index is 310. The largest absolute Gasteiger partial charge is 0.489 e. The van der Waals surface area contributed by atoms with Gasteiger partial charge in [0.15, 0.2) is 0 Å². The van der Waals surface area contributed by atoms with Crippen molar-refractivity contribution in [2.75, 3.05) is 0 Å². The maximum Gasteiger partial charge on any atom is 0.133 e. The molecule has 1 aromatic carbocycles. The van der Waals surface area contributed by atoms with E-state index in [4.69, 9.17) is 10.5 Å². The van der Waals surface area contributed by atoms with Crippen molar-refractivity contribution in [1.29, 1.82) is 0 Å². The van der Waals surface area contributed by atoms with Crippen LogP contribution >= 0.6 is 22.6 Å². The fourth-order valence-corrected chi connectivity index (χ4v) is 1.84. The Kier molecular flexibility index (Phi) is 2.74. The zero-order chi connectivity index (χ0) is 9.26. The van der Waals surface area contributed by atoms with Crippen LogP contribution in [0.3, 0.4) is 0 Å². The lowest BCUT2D eigenvalue weighted by Gasteiger charge is -2.07. The molecular formula is C10H12INO. The van der Waals surface area contributed by atoms with Crippen LogP contribution in [0.15, 0.2) is 18.2 Å². The van der Waals surface area contributed by atoms with E-state index >= 15 is 0 Å². The molecule has 13 heavy (non-hydrogen) atoms.